The molecule has 1 atom stereocenters. The van der Waals surface area contributed by atoms with Gasteiger partial charge in [0.1, 0.15) is 12.2 Å². The Morgan fingerprint density at radius 1 is 1.40 bits per heavy atom. The highest BCUT2D eigenvalue weighted by Gasteiger charge is 2.19. The standard InChI is InChI=1S/C13H18Cl2N4S/c1-3-5-16-10(9-6-11(14)20-13(9)15)7-12-17-8-18-19(12)4-2/h6,8,10,16H,3-5,7H2,1-2H3. The Labute approximate surface area is 133 Å². The van der Waals surface area contributed by atoms with Crippen molar-refractivity contribution in [2.45, 2.75) is 39.3 Å². The molecule has 0 spiro atoms. The van der Waals surface area contributed by atoms with E-state index in [1.807, 2.05) is 10.7 Å². The van der Waals surface area contributed by atoms with E-state index in [0.29, 0.717) is 4.34 Å². The number of aromatic nitrogens is 3. The average Bonchev–Trinajstić information content (AvgIpc) is 3.00. The van der Waals surface area contributed by atoms with Crippen LogP contribution in [0.25, 0.3) is 0 Å². The Balaban J connectivity index is 2.21. The van der Waals surface area contributed by atoms with Crippen molar-refractivity contribution in [3.8, 4) is 0 Å². The summed E-state index contributed by atoms with van der Waals surface area (Å²) in [5, 5.41) is 7.72. The topological polar surface area (TPSA) is 42.7 Å². The van der Waals surface area contributed by atoms with Gasteiger partial charge in [0.25, 0.3) is 0 Å². The van der Waals surface area contributed by atoms with Gasteiger partial charge in [-0.2, -0.15) is 5.10 Å². The number of halogens is 2. The van der Waals surface area contributed by atoms with E-state index in [-0.39, 0.29) is 6.04 Å². The number of nitrogens with one attached hydrogen (secondary N) is 1. The third-order valence-electron chi connectivity index (χ3n) is 3.08. The first-order chi connectivity index (χ1) is 9.65. The van der Waals surface area contributed by atoms with E-state index >= 15 is 0 Å². The lowest BCUT2D eigenvalue weighted by molar-refractivity contribution is 0.498. The van der Waals surface area contributed by atoms with Crippen molar-refractivity contribution in [1.29, 1.82) is 0 Å². The summed E-state index contributed by atoms with van der Waals surface area (Å²) in [5.41, 5.74) is 1.04. The van der Waals surface area contributed by atoms with Crippen LogP contribution in [0.2, 0.25) is 8.67 Å². The maximum atomic E-state index is 6.28. The number of hydrogen-bond acceptors (Lipinski definition) is 4. The first-order valence-corrected chi connectivity index (χ1v) is 8.27. The van der Waals surface area contributed by atoms with Gasteiger partial charge >= 0.3 is 0 Å². The fourth-order valence-electron chi connectivity index (χ4n) is 2.09. The van der Waals surface area contributed by atoms with Gasteiger partial charge in [-0.15, -0.1) is 11.3 Å². The number of nitrogens with zero attached hydrogens (tertiary/aromatic N) is 3. The number of thiophene rings is 1. The molecule has 0 aliphatic heterocycles. The van der Waals surface area contributed by atoms with E-state index in [0.717, 1.165) is 41.7 Å². The molecule has 4 nitrogen and oxygen atoms in total. The molecular formula is C13H18Cl2N4S. The Kier molecular flexibility index (Phi) is 5.84. The molecule has 1 N–H and O–H groups in total. The normalized spacial score (nSPS) is 12.8. The van der Waals surface area contributed by atoms with E-state index in [1.54, 1.807) is 6.33 Å². The third-order valence-corrected chi connectivity index (χ3v) is 4.60. The molecule has 7 heteroatoms. The Bertz CT molecular complexity index is 552. The van der Waals surface area contributed by atoms with Gasteiger partial charge in [-0.25, -0.2) is 4.98 Å². The van der Waals surface area contributed by atoms with Crippen molar-refractivity contribution in [1.82, 2.24) is 20.1 Å². The minimum Gasteiger partial charge on any atom is -0.309 e. The number of aryl methyl sites for hydroxylation is 1. The van der Waals surface area contributed by atoms with Crippen LogP contribution in [0, 0.1) is 0 Å². The van der Waals surface area contributed by atoms with Gasteiger partial charge in [0, 0.05) is 24.6 Å². The molecule has 110 valence electrons. The molecule has 1 unspecified atom stereocenters. The van der Waals surface area contributed by atoms with E-state index in [2.05, 4.69) is 29.2 Å². The summed E-state index contributed by atoms with van der Waals surface area (Å²) >= 11 is 13.7. The molecule has 0 saturated carbocycles. The summed E-state index contributed by atoms with van der Waals surface area (Å²) in [5.74, 6) is 0.958. The Morgan fingerprint density at radius 3 is 2.80 bits per heavy atom. The van der Waals surface area contributed by atoms with Crippen LogP contribution in [-0.2, 0) is 13.0 Å². The molecule has 2 aromatic heterocycles. The van der Waals surface area contributed by atoms with Gasteiger partial charge in [-0.1, -0.05) is 30.1 Å². The first-order valence-electron chi connectivity index (χ1n) is 6.70. The van der Waals surface area contributed by atoms with E-state index < -0.39 is 0 Å². The Hall–Kier alpha value is -0.620. The maximum absolute atomic E-state index is 6.28. The molecule has 0 amide bonds. The second-order valence-electron chi connectivity index (χ2n) is 4.48. The molecule has 0 fully saturated rings. The second-order valence-corrected chi connectivity index (χ2v) is 6.77. The lowest BCUT2D eigenvalue weighted by Gasteiger charge is -2.18. The lowest BCUT2D eigenvalue weighted by Crippen LogP contribution is -2.25. The van der Waals surface area contributed by atoms with E-state index in [9.17, 15) is 0 Å². The van der Waals surface area contributed by atoms with E-state index in [4.69, 9.17) is 23.2 Å². The summed E-state index contributed by atoms with van der Waals surface area (Å²) in [4.78, 5) is 4.34. The van der Waals surface area contributed by atoms with E-state index in [1.165, 1.54) is 11.3 Å². The van der Waals surface area contributed by atoms with Gasteiger partial charge in [0.05, 0.1) is 8.67 Å². The quantitative estimate of drug-likeness (QED) is 0.834. The molecule has 0 bridgehead atoms. The highest BCUT2D eigenvalue weighted by Crippen LogP contribution is 2.36. The van der Waals surface area contributed by atoms with Crippen LogP contribution in [0.1, 0.15) is 37.7 Å². The fourth-order valence-corrected chi connectivity index (χ4v) is 3.67. The summed E-state index contributed by atoms with van der Waals surface area (Å²) in [7, 11) is 0. The molecule has 0 radical (unpaired) electrons. The number of rotatable bonds is 7. The highest BCUT2D eigenvalue weighted by molar-refractivity contribution is 7.20. The SMILES string of the molecule is CCCNC(Cc1ncnn1CC)c1cc(Cl)sc1Cl. The van der Waals surface area contributed by atoms with Crippen molar-refractivity contribution in [3.05, 3.63) is 32.5 Å². The molecule has 2 aromatic rings. The summed E-state index contributed by atoms with van der Waals surface area (Å²) in [6, 6.07) is 2.05. The van der Waals surface area contributed by atoms with Gasteiger partial charge in [-0.05, 0) is 26.0 Å². The molecule has 20 heavy (non-hydrogen) atoms. The van der Waals surface area contributed by atoms with Crippen LogP contribution in [0.4, 0.5) is 0 Å². The molecule has 2 heterocycles. The monoisotopic (exact) mass is 332 g/mol. The molecule has 0 aromatic carbocycles. The smallest absolute Gasteiger partial charge is 0.138 e. The molecular weight excluding hydrogens is 315 g/mol. The lowest BCUT2D eigenvalue weighted by atomic mass is 10.1. The van der Waals surface area contributed by atoms with Crippen molar-refractivity contribution in [2.75, 3.05) is 6.54 Å². The zero-order valence-corrected chi connectivity index (χ0v) is 13.9. The molecule has 0 aliphatic carbocycles. The largest absolute Gasteiger partial charge is 0.309 e. The van der Waals surface area contributed by atoms with Gasteiger partial charge in [-0.3, -0.25) is 4.68 Å². The van der Waals surface area contributed by atoms with Crippen LogP contribution in [0.3, 0.4) is 0 Å². The Morgan fingerprint density at radius 2 is 2.20 bits per heavy atom. The zero-order chi connectivity index (χ0) is 14.5. The van der Waals surface area contributed by atoms with Crippen LogP contribution in [-0.4, -0.2) is 21.3 Å². The maximum Gasteiger partial charge on any atom is 0.138 e. The predicted octanol–water partition coefficient (Wildman–Crippen LogP) is 3.95. The minimum absolute atomic E-state index is 0.112. The molecule has 2 rings (SSSR count). The number of hydrogen-bond donors (Lipinski definition) is 1. The van der Waals surface area contributed by atoms with Gasteiger partial charge in [0.2, 0.25) is 0 Å². The van der Waals surface area contributed by atoms with Crippen LogP contribution in [0.15, 0.2) is 12.4 Å². The van der Waals surface area contributed by atoms with Crippen molar-refractivity contribution >= 4 is 34.5 Å². The van der Waals surface area contributed by atoms with Crippen LogP contribution in [0.5, 0.6) is 0 Å². The van der Waals surface area contributed by atoms with Crippen molar-refractivity contribution in [3.63, 3.8) is 0 Å². The van der Waals surface area contributed by atoms with Crippen molar-refractivity contribution in [2.24, 2.45) is 0 Å². The predicted molar refractivity (Wildman–Crippen MR) is 84.8 cm³/mol. The third kappa shape index (κ3) is 3.73. The van der Waals surface area contributed by atoms with Crippen LogP contribution < -0.4 is 5.32 Å². The second kappa shape index (κ2) is 7.41. The highest BCUT2D eigenvalue weighted by atomic mass is 35.5. The fraction of sp³-hybridized carbons (Fsp3) is 0.538. The summed E-state index contributed by atoms with van der Waals surface area (Å²) in [6.07, 6.45) is 3.41. The minimum atomic E-state index is 0.112. The zero-order valence-electron chi connectivity index (χ0n) is 11.6. The summed E-state index contributed by atoms with van der Waals surface area (Å²) < 4.78 is 3.36. The summed E-state index contributed by atoms with van der Waals surface area (Å²) in [6.45, 7) is 5.94. The molecule has 0 saturated heterocycles. The van der Waals surface area contributed by atoms with Crippen molar-refractivity contribution < 1.29 is 0 Å². The van der Waals surface area contributed by atoms with Crippen LogP contribution >= 0.6 is 34.5 Å². The van der Waals surface area contributed by atoms with Gasteiger partial charge < -0.3 is 5.32 Å². The first kappa shape index (κ1) is 15.8. The molecule has 0 aliphatic rings. The van der Waals surface area contributed by atoms with Gasteiger partial charge in [0.15, 0.2) is 0 Å². The average molecular weight is 333 g/mol.